The van der Waals surface area contributed by atoms with Crippen molar-refractivity contribution in [1.29, 1.82) is 0 Å². The minimum Gasteiger partial charge on any atom is -0.432 e. The zero-order chi connectivity index (χ0) is 17.7. The van der Waals surface area contributed by atoms with Gasteiger partial charge in [0, 0.05) is 12.6 Å². The highest BCUT2D eigenvalue weighted by molar-refractivity contribution is 7.89. The van der Waals surface area contributed by atoms with Gasteiger partial charge in [-0.3, -0.25) is 0 Å². The van der Waals surface area contributed by atoms with Gasteiger partial charge in [-0.1, -0.05) is 19.3 Å². The van der Waals surface area contributed by atoms with Gasteiger partial charge in [0.25, 0.3) is 0 Å². The Labute approximate surface area is 151 Å². The van der Waals surface area contributed by atoms with E-state index in [2.05, 4.69) is 9.46 Å². The van der Waals surface area contributed by atoms with Crippen molar-refractivity contribution in [2.24, 2.45) is 11.7 Å². The molecule has 1 saturated carbocycles. The summed E-state index contributed by atoms with van der Waals surface area (Å²) in [6.07, 6.45) is 4.95. The van der Waals surface area contributed by atoms with Gasteiger partial charge in [0.05, 0.1) is 4.90 Å². The second kappa shape index (κ2) is 9.61. The number of hydrogen-bond acceptors (Lipinski definition) is 4. The van der Waals surface area contributed by atoms with Crippen LogP contribution in [-0.2, 0) is 10.0 Å². The quantitative estimate of drug-likeness (QED) is 0.734. The van der Waals surface area contributed by atoms with Crippen LogP contribution in [0.15, 0.2) is 23.1 Å². The summed E-state index contributed by atoms with van der Waals surface area (Å²) in [5, 5.41) is 0. The fourth-order valence-corrected chi connectivity index (χ4v) is 4.31. The summed E-state index contributed by atoms with van der Waals surface area (Å²) >= 11 is 0. The van der Waals surface area contributed by atoms with Crippen molar-refractivity contribution in [2.45, 2.75) is 49.7 Å². The van der Waals surface area contributed by atoms with E-state index in [0.29, 0.717) is 6.07 Å². The molecule has 1 fully saturated rings. The molecule has 2 rings (SSSR count). The van der Waals surface area contributed by atoms with Crippen molar-refractivity contribution >= 4 is 22.4 Å². The van der Waals surface area contributed by atoms with Crippen LogP contribution in [0.25, 0.3) is 0 Å². The normalized spacial score (nSPS) is 17.2. The average Bonchev–Trinajstić information content (AvgIpc) is 2.55. The second-order valence-corrected chi connectivity index (χ2v) is 7.55. The number of ether oxygens (including phenoxy) is 1. The lowest BCUT2D eigenvalue weighted by Gasteiger charge is -2.29. The van der Waals surface area contributed by atoms with Gasteiger partial charge in [-0.05, 0) is 37.0 Å². The molecule has 1 unspecified atom stereocenters. The van der Waals surface area contributed by atoms with Gasteiger partial charge >= 0.3 is 6.61 Å². The Morgan fingerprint density at radius 1 is 1.24 bits per heavy atom. The smallest absolute Gasteiger partial charge is 0.387 e. The van der Waals surface area contributed by atoms with E-state index in [0.717, 1.165) is 44.2 Å². The van der Waals surface area contributed by atoms with E-state index in [-0.39, 0.29) is 29.8 Å². The highest BCUT2D eigenvalue weighted by atomic mass is 35.5. The summed E-state index contributed by atoms with van der Waals surface area (Å²) in [4.78, 5) is -0.351. The summed E-state index contributed by atoms with van der Waals surface area (Å²) in [7, 11) is -4.00. The van der Waals surface area contributed by atoms with E-state index in [4.69, 9.17) is 5.73 Å². The molecule has 5 nitrogen and oxygen atoms in total. The topological polar surface area (TPSA) is 81.4 Å². The van der Waals surface area contributed by atoms with Crippen LogP contribution < -0.4 is 15.2 Å². The molecule has 0 radical (unpaired) electrons. The molecule has 0 spiro atoms. The molecule has 1 aliphatic rings. The first kappa shape index (κ1) is 22.0. The average molecular weight is 403 g/mol. The van der Waals surface area contributed by atoms with Gasteiger partial charge in [-0.15, -0.1) is 12.4 Å². The van der Waals surface area contributed by atoms with Gasteiger partial charge in [0.2, 0.25) is 10.0 Å². The minimum absolute atomic E-state index is 0. The van der Waals surface area contributed by atoms with Crippen LogP contribution in [-0.4, -0.2) is 27.6 Å². The summed E-state index contributed by atoms with van der Waals surface area (Å²) < 4.78 is 69.3. The van der Waals surface area contributed by atoms with Gasteiger partial charge in [0.1, 0.15) is 0 Å². The van der Waals surface area contributed by atoms with Gasteiger partial charge in [0.15, 0.2) is 11.6 Å². The maximum atomic E-state index is 13.7. The first-order valence-corrected chi connectivity index (χ1v) is 9.28. The predicted molar refractivity (Wildman–Crippen MR) is 90.0 cm³/mol. The number of benzene rings is 1. The Bertz CT molecular complexity index is 655. The van der Waals surface area contributed by atoms with Crippen LogP contribution in [0.1, 0.15) is 32.1 Å². The highest BCUT2D eigenvalue weighted by Crippen LogP contribution is 2.28. The van der Waals surface area contributed by atoms with Crippen molar-refractivity contribution in [3.63, 3.8) is 0 Å². The molecule has 0 amide bonds. The molecule has 25 heavy (non-hydrogen) atoms. The van der Waals surface area contributed by atoms with Crippen LogP contribution in [0.2, 0.25) is 0 Å². The van der Waals surface area contributed by atoms with Crippen LogP contribution >= 0.6 is 12.4 Å². The fraction of sp³-hybridized carbons (Fsp3) is 0.600. The number of alkyl halides is 2. The largest absolute Gasteiger partial charge is 0.432 e. The summed E-state index contributed by atoms with van der Waals surface area (Å²) in [5.74, 6) is -1.73. The van der Waals surface area contributed by atoms with Gasteiger partial charge < -0.3 is 10.5 Å². The van der Waals surface area contributed by atoms with E-state index in [9.17, 15) is 21.6 Å². The number of halogens is 4. The molecule has 1 aromatic carbocycles. The fourth-order valence-electron chi connectivity index (χ4n) is 2.98. The first-order valence-electron chi connectivity index (χ1n) is 7.80. The number of rotatable bonds is 7. The summed E-state index contributed by atoms with van der Waals surface area (Å²) in [5.41, 5.74) is 5.69. The molecule has 1 aliphatic carbocycles. The zero-order valence-corrected chi connectivity index (χ0v) is 15.1. The highest BCUT2D eigenvalue weighted by Gasteiger charge is 2.28. The molecule has 0 heterocycles. The van der Waals surface area contributed by atoms with Crippen molar-refractivity contribution in [3.05, 3.63) is 24.0 Å². The molecule has 0 saturated heterocycles. The lowest BCUT2D eigenvalue weighted by atomic mass is 9.84. The standard InChI is InChI=1S/C15H21F3N2O3S.ClH/c16-12-8-11(6-7-14(12)23-15(17)18)24(21,22)20-13(9-19)10-4-2-1-3-5-10;/h6-8,10,13,15,20H,1-5,9,19H2;1H. The maximum absolute atomic E-state index is 13.7. The third kappa shape index (κ3) is 6.02. The predicted octanol–water partition coefficient (Wildman–Crippen LogP) is 3.03. The molecule has 3 N–H and O–H groups in total. The van der Waals surface area contributed by atoms with Crippen molar-refractivity contribution in [3.8, 4) is 5.75 Å². The lowest BCUT2D eigenvalue weighted by molar-refractivity contribution is -0.0522. The molecule has 1 atom stereocenters. The zero-order valence-electron chi connectivity index (χ0n) is 13.5. The molecule has 144 valence electrons. The number of sulfonamides is 1. The van der Waals surface area contributed by atoms with Crippen LogP contribution in [0.4, 0.5) is 13.2 Å². The lowest BCUT2D eigenvalue weighted by Crippen LogP contribution is -2.45. The van der Waals surface area contributed by atoms with E-state index >= 15 is 0 Å². The first-order chi connectivity index (χ1) is 11.3. The summed E-state index contributed by atoms with van der Waals surface area (Å²) in [6, 6.07) is 2.12. The SMILES string of the molecule is Cl.NCC(NS(=O)(=O)c1ccc(OC(F)F)c(F)c1)C1CCCCC1. The Balaban J connectivity index is 0.00000312. The third-order valence-corrected chi connectivity index (χ3v) is 5.70. The summed E-state index contributed by atoms with van der Waals surface area (Å²) in [6.45, 7) is -3.05. The molecular formula is C15H22ClF3N2O3S. The Hall–Kier alpha value is -1.03. The van der Waals surface area contributed by atoms with E-state index in [1.54, 1.807) is 0 Å². The van der Waals surface area contributed by atoms with E-state index < -0.39 is 34.2 Å². The Morgan fingerprint density at radius 2 is 1.88 bits per heavy atom. The molecule has 10 heteroatoms. The molecular weight excluding hydrogens is 381 g/mol. The van der Waals surface area contributed by atoms with Crippen LogP contribution in [0.3, 0.4) is 0 Å². The molecule has 1 aromatic rings. The number of nitrogens with two attached hydrogens (primary N) is 1. The van der Waals surface area contributed by atoms with E-state index in [1.165, 1.54) is 0 Å². The van der Waals surface area contributed by atoms with E-state index in [1.807, 2.05) is 0 Å². The number of nitrogens with one attached hydrogen (secondary N) is 1. The maximum Gasteiger partial charge on any atom is 0.387 e. The Kier molecular flexibility index (Phi) is 8.46. The third-order valence-electron chi connectivity index (χ3n) is 4.21. The van der Waals surface area contributed by atoms with Gasteiger partial charge in [-0.25, -0.2) is 17.5 Å². The van der Waals surface area contributed by atoms with Gasteiger partial charge in [-0.2, -0.15) is 8.78 Å². The van der Waals surface area contributed by atoms with Crippen molar-refractivity contribution < 1.29 is 26.3 Å². The molecule has 0 aromatic heterocycles. The van der Waals surface area contributed by atoms with Crippen LogP contribution in [0, 0.1) is 11.7 Å². The van der Waals surface area contributed by atoms with Crippen molar-refractivity contribution in [2.75, 3.05) is 6.54 Å². The molecule has 0 aliphatic heterocycles. The second-order valence-electron chi connectivity index (χ2n) is 5.83. The minimum atomic E-state index is -4.00. The molecule has 0 bridgehead atoms. The van der Waals surface area contributed by atoms with Crippen LogP contribution in [0.5, 0.6) is 5.75 Å². The van der Waals surface area contributed by atoms with Crippen molar-refractivity contribution in [1.82, 2.24) is 4.72 Å². The number of hydrogen-bond donors (Lipinski definition) is 2. The monoisotopic (exact) mass is 402 g/mol. The Morgan fingerprint density at radius 3 is 2.40 bits per heavy atom.